The predicted octanol–water partition coefficient (Wildman–Crippen LogP) is 3.47. The van der Waals surface area contributed by atoms with E-state index in [1.54, 1.807) is 11.3 Å². The van der Waals surface area contributed by atoms with Crippen molar-refractivity contribution in [2.75, 3.05) is 19.8 Å². The molecule has 0 radical (unpaired) electrons. The van der Waals surface area contributed by atoms with Gasteiger partial charge in [-0.3, -0.25) is 0 Å². The number of benzene rings is 1. The topological polar surface area (TPSA) is 50.7 Å². The molecule has 3 rings (SSSR count). The third-order valence-electron chi connectivity index (χ3n) is 4.17. The molecule has 1 aliphatic heterocycles. The molecule has 2 unspecified atom stereocenters. The number of ether oxygens (including phenoxy) is 2. The molecule has 1 aromatic heterocycles. The molecule has 2 N–H and O–H groups in total. The van der Waals surface area contributed by atoms with Crippen molar-refractivity contribution in [2.45, 2.75) is 31.9 Å². The van der Waals surface area contributed by atoms with Crippen molar-refractivity contribution < 1.29 is 14.6 Å². The van der Waals surface area contributed by atoms with Gasteiger partial charge < -0.3 is 19.9 Å². The van der Waals surface area contributed by atoms with Crippen LogP contribution in [0, 0.1) is 0 Å². The Kier molecular flexibility index (Phi) is 4.90. The number of hydrogen-bond donors (Lipinski definition) is 2. The standard InChI is InChI=1S/C18H23NO3S/c1-13(19-12-18(2,20)15-6-9-23-11-15)14-4-5-16-17(10-14)22-8-3-7-21-16/h4-6,9-11,13,19-20H,3,7-8,12H2,1-2H3. The minimum absolute atomic E-state index is 0.109. The Morgan fingerprint density at radius 3 is 2.78 bits per heavy atom. The van der Waals surface area contributed by atoms with Gasteiger partial charge in [0.1, 0.15) is 5.60 Å². The Bertz CT molecular complexity index is 640. The van der Waals surface area contributed by atoms with E-state index < -0.39 is 5.60 Å². The molecule has 124 valence electrons. The fraction of sp³-hybridized carbons (Fsp3) is 0.444. The molecule has 0 aliphatic carbocycles. The van der Waals surface area contributed by atoms with Crippen LogP contribution < -0.4 is 14.8 Å². The van der Waals surface area contributed by atoms with E-state index in [4.69, 9.17) is 9.47 Å². The van der Waals surface area contributed by atoms with Crippen LogP contribution in [0.2, 0.25) is 0 Å². The van der Waals surface area contributed by atoms with Crippen LogP contribution >= 0.6 is 11.3 Å². The predicted molar refractivity (Wildman–Crippen MR) is 92.4 cm³/mol. The van der Waals surface area contributed by atoms with Gasteiger partial charge >= 0.3 is 0 Å². The molecule has 1 aromatic carbocycles. The third kappa shape index (κ3) is 3.86. The minimum Gasteiger partial charge on any atom is -0.490 e. The first-order chi connectivity index (χ1) is 11.1. The number of nitrogens with one attached hydrogen (secondary N) is 1. The first-order valence-corrected chi connectivity index (χ1v) is 8.88. The molecule has 2 atom stereocenters. The number of aliphatic hydroxyl groups is 1. The van der Waals surface area contributed by atoms with Gasteiger partial charge in [-0.1, -0.05) is 6.07 Å². The summed E-state index contributed by atoms with van der Waals surface area (Å²) < 4.78 is 11.4. The highest BCUT2D eigenvalue weighted by molar-refractivity contribution is 7.08. The van der Waals surface area contributed by atoms with Gasteiger partial charge in [-0.2, -0.15) is 11.3 Å². The van der Waals surface area contributed by atoms with Gasteiger partial charge in [0, 0.05) is 19.0 Å². The van der Waals surface area contributed by atoms with Crippen molar-refractivity contribution in [2.24, 2.45) is 0 Å². The smallest absolute Gasteiger partial charge is 0.161 e. The summed E-state index contributed by atoms with van der Waals surface area (Å²) >= 11 is 1.60. The van der Waals surface area contributed by atoms with Crippen molar-refractivity contribution in [3.05, 3.63) is 46.2 Å². The summed E-state index contributed by atoms with van der Waals surface area (Å²) in [6.07, 6.45) is 0.904. The van der Waals surface area contributed by atoms with Crippen molar-refractivity contribution in [1.82, 2.24) is 5.32 Å². The van der Waals surface area contributed by atoms with Crippen LogP contribution in [0.4, 0.5) is 0 Å². The zero-order valence-electron chi connectivity index (χ0n) is 13.5. The first kappa shape index (κ1) is 16.3. The maximum atomic E-state index is 10.6. The van der Waals surface area contributed by atoms with Crippen LogP contribution in [-0.2, 0) is 5.60 Å². The second-order valence-corrected chi connectivity index (χ2v) is 6.93. The fourth-order valence-electron chi connectivity index (χ4n) is 2.59. The van der Waals surface area contributed by atoms with Crippen molar-refractivity contribution in [3.63, 3.8) is 0 Å². The highest BCUT2D eigenvalue weighted by atomic mass is 32.1. The maximum absolute atomic E-state index is 10.6. The molecule has 2 aromatic rings. The van der Waals surface area contributed by atoms with Crippen LogP contribution in [0.5, 0.6) is 11.5 Å². The Balaban J connectivity index is 1.66. The molecule has 23 heavy (non-hydrogen) atoms. The van der Waals surface area contributed by atoms with Crippen LogP contribution in [-0.4, -0.2) is 24.9 Å². The minimum atomic E-state index is -0.875. The van der Waals surface area contributed by atoms with Gasteiger partial charge in [-0.15, -0.1) is 0 Å². The lowest BCUT2D eigenvalue weighted by molar-refractivity contribution is 0.0548. The summed E-state index contributed by atoms with van der Waals surface area (Å²) in [6.45, 7) is 5.79. The molecule has 5 heteroatoms. The molecule has 0 saturated heterocycles. The lowest BCUT2D eigenvalue weighted by Gasteiger charge is -2.26. The van der Waals surface area contributed by atoms with Crippen molar-refractivity contribution in [3.8, 4) is 11.5 Å². The number of hydrogen-bond acceptors (Lipinski definition) is 5. The van der Waals surface area contributed by atoms with E-state index in [0.29, 0.717) is 19.8 Å². The molecule has 0 spiro atoms. The van der Waals surface area contributed by atoms with Gasteiger partial charge in [0.05, 0.1) is 13.2 Å². The maximum Gasteiger partial charge on any atom is 0.161 e. The van der Waals surface area contributed by atoms with E-state index in [-0.39, 0.29) is 6.04 Å². The summed E-state index contributed by atoms with van der Waals surface area (Å²) in [7, 11) is 0. The second-order valence-electron chi connectivity index (χ2n) is 6.15. The quantitative estimate of drug-likeness (QED) is 0.880. The van der Waals surface area contributed by atoms with Gasteiger partial charge in [0.25, 0.3) is 0 Å². The van der Waals surface area contributed by atoms with Crippen molar-refractivity contribution >= 4 is 11.3 Å². The summed E-state index contributed by atoms with van der Waals surface area (Å²) in [5.41, 5.74) is 1.19. The zero-order chi connectivity index (χ0) is 16.3. The summed E-state index contributed by atoms with van der Waals surface area (Å²) in [4.78, 5) is 0. The van der Waals surface area contributed by atoms with E-state index in [2.05, 4.69) is 12.2 Å². The molecular formula is C18H23NO3S. The highest BCUT2D eigenvalue weighted by Gasteiger charge is 2.24. The first-order valence-electron chi connectivity index (χ1n) is 7.94. The molecule has 0 saturated carbocycles. The molecule has 4 nitrogen and oxygen atoms in total. The average molecular weight is 333 g/mol. The number of rotatable bonds is 5. The Labute approximate surface area is 141 Å². The molecule has 0 fully saturated rings. The van der Waals surface area contributed by atoms with Gasteiger partial charge in [-0.05, 0) is 53.9 Å². The molecule has 1 aliphatic rings. The summed E-state index contributed by atoms with van der Waals surface area (Å²) in [5, 5.41) is 18.0. The normalized spacial score (nSPS) is 18.0. The van der Waals surface area contributed by atoms with Crippen molar-refractivity contribution in [1.29, 1.82) is 0 Å². The van der Waals surface area contributed by atoms with Crippen LogP contribution in [0.25, 0.3) is 0 Å². The van der Waals surface area contributed by atoms with E-state index in [1.165, 1.54) is 0 Å². The largest absolute Gasteiger partial charge is 0.490 e. The monoisotopic (exact) mass is 333 g/mol. The van der Waals surface area contributed by atoms with Gasteiger partial charge in [0.2, 0.25) is 0 Å². The summed E-state index contributed by atoms with van der Waals surface area (Å²) in [5.74, 6) is 1.61. The SMILES string of the molecule is CC(NCC(C)(O)c1ccsc1)c1ccc2c(c1)OCCCO2. The molecule has 0 amide bonds. The molecular weight excluding hydrogens is 310 g/mol. The highest BCUT2D eigenvalue weighted by Crippen LogP contribution is 2.32. The Morgan fingerprint density at radius 1 is 1.26 bits per heavy atom. The molecule has 0 bridgehead atoms. The fourth-order valence-corrected chi connectivity index (χ4v) is 3.37. The Hall–Kier alpha value is -1.56. The van der Waals surface area contributed by atoms with E-state index in [0.717, 1.165) is 29.0 Å². The Morgan fingerprint density at radius 2 is 2.04 bits per heavy atom. The lowest BCUT2D eigenvalue weighted by Crippen LogP contribution is -2.36. The lowest BCUT2D eigenvalue weighted by atomic mass is 9.98. The second kappa shape index (κ2) is 6.91. The number of fused-ring (bicyclic) bond motifs is 1. The third-order valence-corrected chi connectivity index (χ3v) is 4.85. The van der Waals surface area contributed by atoms with Crippen LogP contribution in [0.3, 0.4) is 0 Å². The van der Waals surface area contributed by atoms with Gasteiger partial charge in [0.15, 0.2) is 11.5 Å². The summed E-state index contributed by atoms with van der Waals surface area (Å²) in [6, 6.07) is 8.11. The zero-order valence-corrected chi connectivity index (χ0v) is 14.4. The van der Waals surface area contributed by atoms with Crippen LogP contribution in [0.15, 0.2) is 35.0 Å². The van der Waals surface area contributed by atoms with Gasteiger partial charge in [-0.25, -0.2) is 0 Å². The van der Waals surface area contributed by atoms with Crippen LogP contribution in [0.1, 0.15) is 37.4 Å². The van der Waals surface area contributed by atoms with E-state index in [1.807, 2.05) is 41.9 Å². The van der Waals surface area contributed by atoms with E-state index in [9.17, 15) is 5.11 Å². The average Bonchev–Trinajstić information content (AvgIpc) is 2.99. The number of thiophene rings is 1. The molecule has 2 heterocycles. The van der Waals surface area contributed by atoms with E-state index >= 15 is 0 Å².